The molecular formula is C15H27NO2. The highest BCUT2D eigenvalue weighted by Crippen LogP contribution is 2.36. The van der Waals surface area contributed by atoms with Crippen LogP contribution in [0, 0.1) is 5.92 Å². The second-order valence-corrected chi connectivity index (χ2v) is 5.85. The predicted octanol–water partition coefficient (Wildman–Crippen LogP) is 2.98. The van der Waals surface area contributed by atoms with E-state index in [1.54, 1.807) is 0 Å². The minimum atomic E-state index is -0.0390. The van der Waals surface area contributed by atoms with E-state index in [0.717, 1.165) is 12.0 Å². The van der Waals surface area contributed by atoms with E-state index in [4.69, 9.17) is 4.74 Å². The molecule has 1 heterocycles. The molecule has 1 unspecified atom stereocenters. The Balaban J connectivity index is 1.91. The molecule has 3 atom stereocenters. The number of rotatable bonds is 4. The molecule has 3 heteroatoms. The summed E-state index contributed by atoms with van der Waals surface area (Å²) >= 11 is 0. The number of carbonyl (C=O) groups is 1. The number of hydrogen-bond acceptors (Lipinski definition) is 3. The van der Waals surface area contributed by atoms with Crippen LogP contribution in [-0.2, 0) is 9.53 Å². The SMILES string of the molecule is CCOC(=O)CC(C)N1CCC[C@H]2CCCC[C@H]21. The van der Waals surface area contributed by atoms with Gasteiger partial charge in [-0.1, -0.05) is 12.8 Å². The summed E-state index contributed by atoms with van der Waals surface area (Å²) < 4.78 is 5.07. The number of hydrogen-bond donors (Lipinski definition) is 0. The van der Waals surface area contributed by atoms with Crippen molar-refractivity contribution in [1.29, 1.82) is 0 Å². The Morgan fingerprint density at radius 2 is 2.00 bits per heavy atom. The molecule has 1 saturated heterocycles. The molecule has 2 aliphatic rings. The van der Waals surface area contributed by atoms with Gasteiger partial charge in [0.15, 0.2) is 0 Å². The minimum Gasteiger partial charge on any atom is -0.466 e. The number of esters is 1. The number of nitrogens with zero attached hydrogens (tertiary/aromatic N) is 1. The molecule has 3 nitrogen and oxygen atoms in total. The van der Waals surface area contributed by atoms with Gasteiger partial charge in [0, 0.05) is 12.1 Å². The van der Waals surface area contributed by atoms with Crippen LogP contribution in [0.15, 0.2) is 0 Å². The highest BCUT2D eigenvalue weighted by molar-refractivity contribution is 5.70. The maximum absolute atomic E-state index is 11.6. The van der Waals surface area contributed by atoms with Crippen molar-refractivity contribution in [2.75, 3.05) is 13.2 Å². The molecule has 104 valence electrons. The van der Waals surface area contributed by atoms with E-state index in [9.17, 15) is 4.79 Å². The van der Waals surface area contributed by atoms with Crippen molar-refractivity contribution >= 4 is 5.97 Å². The molecule has 1 aliphatic heterocycles. The standard InChI is InChI=1S/C15H27NO2/c1-3-18-15(17)11-12(2)16-10-6-8-13-7-4-5-9-14(13)16/h12-14H,3-11H2,1-2H3/t12?,13-,14-/m1/s1. The number of carbonyl (C=O) groups excluding carboxylic acids is 1. The zero-order chi connectivity index (χ0) is 13.0. The van der Waals surface area contributed by atoms with Gasteiger partial charge in [-0.2, -0.15) is 0 Å². The van der Waals surface area contributed by atoms with Crippen molar-refractivity contribution in [1.82, 2.24) is 4.90 Å². The fourth-order valence-corrected chi connectivity index (χ4v) is 3.79. The van der Waals surface area contributed by atoms with Gasteiger partial charge in [0.2, 0.25) is 0 Å². The van der Waals surface area contributed by atoms with Crippen LogP contribution in [0.5, 0.6) is 0 Å². The fourth-order valence-electron chi connectivity index (χ4n) is 3.79. The molecule has 0 N–H and O–H groups in total. The summed E-state index contributed by atoms with van der Waals surface area (Å²) in [5.41, 5.74) is 0. The summed E-state index contributed by atoms with van der Waals surface area (Å²) in [4.78, 5) is 14.2. The molecule has 2 rings (SSSR count). The van der Waals surface area contributed by atoms with Crippen molar-refractivity contribution in [3.63, 3.8) is 0 Å². The normalized spacial score (nSPS) is 30.6. The van der Waals surface area contributed by atoms with E-state index in [1.165, 1.54) is 45.1 Å². The Morgan fingerprint density at radius 1 is 1.28 bits per heavy atom. The Morgan fingerprint density at radius 3 is 2.78 bits per heavy atom. The molecule has 0 bridgehead atoms. The van der Waals surface area contributed by atoms with Gasteiger partial charge in [0.1, 0.15) is 0 Å². The minimum absolute atomic E-state index is 0.0390. The summed E-state index contributed by atoms with van der Waals surface area (Å²) in [6.45, 7) is 5.73. The van der Waals surface area contributed by atoms with Crippen molar-refractivity contribution in [2.45, 2.75) is 70.9 Å². The first-order valence-corrected chi connectivity index (χ1v) is 7.63. The first kappa shape index (κ1) is 13.9. The van der Waals surface area contributed by atoms with Crippen LogP contribution in [0.1, 0.15) is 58.8 Å². The van der Waals surface area contributed by atoms with Gasteiger partial charge in [-0.3, -0.25) is 9.69 Å². The Kier molecular flexibility index (Phi) is 5.04. The summed E-state index contributed by atoms with van der Waals surface area (Å²) in [7, 11) is 0. The molecule has 2 fully saturated rings. The van der Waals surface area contributed by atoms with Crippen molar-refractivity contribution in [2.24, 2.45) is 5.92 Å². The van der Waals surface area contributed by atoms with E-state index < -0.39 is 0 Å². The van der Waals surface area contributed by atoms with Crippen LogP contribution in [0.2, 0.25) is 0 Å². The van der Waals surface area contributed by atoms with Crippen LogP contribution >= 0.6 is 0 Å². The number of fused-ring (bicyclic) bond motifs is 1. The monoisotopic (exact) mass is 253 g/mol. The summed E-state index contributed by atoms with van der Waals surface area (Å²) in [5, 5.41) is 0. The average molecular weight is 253 g/mol. The van der Waals surface area contributed by atoms with Crippen LogP contribution in [-0.4, -0.2) is 36.1 Å². The molecule has 1 aliphatic carbocycles. The molecular weight excluding hydrogens is 226 g/mol. The summed E-state index contributed by atoms with van der Waals surface area (Å²) in [6, 6.07) is 1.08. The van der Waals surface area contributed by atoms with Gasteiger partial charge in [0.05, 0.1) is 13.0 Å². The third-order valence-electron chi connectivity index (χ3n) is 4.62. The number of likely N-dealkylation sites (tertiary alicyclic amines) is 1. The van der Waals surface area contributed by atoms with Gasteiger partial charge in [-0.05, 0) is 52.0 Å². The van der Waals surface area contributed by atoms with Gasteiger partial charge < -0.3 is 4.74 Å². The second-order valence-electron chi connectivity index (χ2n) is 5.85. The highest BCUT2D eigenvalue weighted by atomic mass is 16.5. The van der Waals surface area contributed by atoms with Crippen molar-refractivity contribution in [3.05, 3.63) is 0 Å². The molecule has 1 saturated carbocycles. The lowest BCUT2D eigenvalue weighted by Gasteiger charge is -2.46. The lowest BCUT2D eigenvalue weighted by Crippen LogP contribution is -2.51. The number of piperidine rings is 1. The maximum Gasteiger partial charge on any atom is 0.307 e. The quantitative estimate of drug-likeness (QED) is 0.721. The predicted molar refractivity (Wildman–Crippen MR) is 72.4 cm³/mol. The Labute approximate surface area is 111 Å². The molecule has 0 radical (unpaired) electrons. The van der Waals surface area contributed by atoms with E-state index in [0.29, 0.717) is 19.1 Å². The smallest absolute Gasteiger partial charge is 0.307 e. The van der Waals surface area contributed by atoms with Gasteiger partial charge >= 0.3 is 5.97 Å². The average Bonchev–Trinajstić information content (AvgIpc) is 2.38. The van der Waals surface area contributed by atoms with Gasteiger partial charge in [-0.15, -0.1) is 0 Å². The maximum atomic E-state index is 11.6. The van der Waals surface area contributed by atoms with E-state index >= 15 is 0 Å². The molecule has 0 spiro atoms. The summed E-state index contributed by atoms with van der Waals surface area (Å²) in [6.07, 6.45) is 8.74. The van der Waals surface area contributed by atoms with Gasteiger partial charge in [-0.25, -0.2) is 0 Å². The molecule has 18 heavy (non-hydrogen) atoms. The topological polar surface area (TPSA) is 29.5 Å². The molecule has 0 amide bonds. The van der Waals surface area contributed by atoms with Crippen LogP contribution < -0.4 is 0 Å². The van der Waals surface area contributed by atoms with Crippen LogP contribution in [0.4, 0.5) is 0 Å². The zero-order valence-corrected chi connectivity index (χ0v) is 11.9. The third-order valence-corrected chi connectivity index (χ3v) is 4.62. The van der Waals surface area contributed by atoms with E-state index in [1.807, 2.05) is 6.92 Å². The first-order valence-electron chi connectivity index (χ1n) is 7.63. The Hall–Kier alpha value is -0.570. The van der Waals surface area contributed by atoms with Crippen LogP contribution in [0.3, 0.4) is 0 Å². The second kappa shape index (κ2) is 6.55. The Bertz CT molecular complexity index is 278. The third kappa shape index (κ3) is 3.25. The molecule has 0 aromatic carbocycles. The highest BCUT2D eigenvalue weighted by Gasteiger charge is 2.35. The molecule has 0 aromatic rings. The zero-order valence-electron chi connectivity index (χ0n) is 11.9. The lowest BCUT2D eigenvalue weighted by molar-refractivity contribution is -0.145. The van der Waals surface area contributed by atoms with Crippen LogP contribution in [0.25, 0.3) is 0 Å². The molecule has 0 aromatic heterocycles. The number of ether oxygens (including phenoxy) is 1. The summed E-state index contributed by atoms with van der Waals surface area (Å²) in [5.74, 6) is 0.847. The largest absolute Gasteiger partial charge is 0.466 e. The fraction of sp³-hybridized carbons (Fsp3) is 0.933. The van der Waals surface area contributed by atoms with E-state index in [-0.39, 0.29) is 5.97 Å². The van der Waals surface area contributed by atoms with Crippen molar-refractivity contribution < 1.29 is 9.53 Å². The first-order chi connectivity index (χ1) is 8.72. The van der Waals surface area contributed by atoms with Gasteiger partial charge in [0.25, 0.3) is 0 Å². The van der Waals surface area contributed by atoms with E-state index in [2.05, 4.69) is 11.8 Å². The van der Waals surface area contributed by atoms with Crippen molar-refractivity contribution in [3.8, 4) is 0 Å². The lowest BCUT2D eigenvalue weighted by atomic mass is 9.77.